The zero-order valence-electron chi connectivity index (χ0n) is 11.8. The van der Waals surface area contributed by atoms with Crippen LogP contribution in [0.2, 0.25) is 0 Å². The molecule has 3 nitrogen and oxygen atoms in total. The van der Waals surface area contributed by atoms with E-state index in [2.05, 4.69) is 48.7 Å². The standard InChI is InChI=1S/C15H23NO2/c1-12-8-13(2)10-14(9-12)11-16(3)7-5-6-15(17)18-4/h8-10H,5-7,11H2,1-4H3. The molecule has 0 N–H and O–H groups in total. The highest BCUT2D eigenvalue weighted by Gasteiger charge is 2.04. The average Bonchev–Trinajstić information content (AvgIpc) is 2.27. The van der Waals surface area contributed by atoms with Crippen LogP contribution in [0.25, 0.3) is 0 Å². The summed E-state index contributed by atoms with van der Waals surface area (Å²) in [7, 11) is 3.51. The van der Waals surface area contributed by atoms with Gasteiger partial charge in [0.15, 0.2) is 0 Å². The molecule has 0 aliphatic carbocycles. The highest BCUT2D eigenvalue weighted by molar-refractivity contribution is 5.69. The summed E-state index contributed by atoms with van der Waals surface area (Å²) >= 11 is 0. The van der Waals surface area contributed by atoms with E-state index in [0.717, 1.165) is 19.5 Å². The quantitative estimate of drug-likeness (QED) is 0.726. The summed E-state index contributed by atoms with van der Waals surface area (Å²) < 4.78 is 4.62. The van der Waals surface area contributed by atoms with E-state index in [9.17, 15) is 4.79 Å². The topological polar surface area (TPSA) is 29.5 Å². The molecule has 0 saturated carbocycles. The third-order valence-electron chi connectivity index (χ3n) is 2.88. The van der Waals surface area contributed by atoms with Crippen LogP contribution < -0.4 is 0 Å². The van der Waals surface area contributed by atoms with Gasteiger partial charge in [-0.2, -0.15) is 0 Å². The molecule has 0 aliphatic rings. The maximum atomic E-state index is 11.0. The van der Waals surface area contributed by atoms with E-state index < -0.39 is 0 Å². The third-order valence-corrected chi connectivity index (χ3v) is 2.88. The second-order valence-corrected chi connectivity index (χ2v) is 4.91. The number of hydrogen-bond donors (Lipinski definition) is 0. The monoisotopic (exact) mass is 249 g/mol. The summed E-state index contributed by atoms with van der Waals surface area (Å²) in [6.07, 6.45) is 1.33. The van der Waals surface area contributed by atoms with Crippen molar-refractivity contribution in [3.8, 4) is 0 Å². The predicted molar refractivity (Wildman–Crippen MR) is 73.5 cm³/mol. The first-order valence-electron chi connectivity index (χ1n) is 6.34. The van der Waals surface area contributed by atoms with Gasteiger partial charge in [0.25, 0.3) is 0 Å². The average molecular weight is 249 g/mol. The van der Waals surface area contributed by atoms with Gasteiger partial charge in [-0.15, -0.1) is 0 Å². The molecule has 1 aromatic carbocycles. The smallest absolute Gasteiger partial charge is 0.305 e. The van der Waals surface area contributed by atoms with Crippen LogP contribution in [0.1, 0.15) is 29.5 Å². The summed E-state index contributed by atoms with van der Waals surface area (Å²) in [5.41, 5.74) is 3.92. The lowest BCUT2D eigenvalue weighted by Gasteiger charge is -2.17. The Labute approximate surface area is 110 Å². The molecule has 0 aliphatic heterocycles. The van der Waals surface area contributed by atoms with Crippen molar-refractivity contribution >= 4 is 5.97 Å². The first kappa shape index (κ1) is 14.7. The van der Waals surface area contributed by atoms with Crippen LogP contribution in [0, 0.1) is 13.8 Å². The van der Waals surface area contributed by atoms with Gasteiger partial charge >= 0.3 is 5.97 Å². The van der Waals surface area contributed by atoms with Crippen molar-refractivity contribution in [2.45, 2.75) is 33.2 Å². The van der Waals surface area contributed by atoms with Crippen molar-refractivity contribution in [2.24, 2.45) is 0 Å². The molecular weight excluding hydrogens is 226 g/mol. The van der Waals surface area contributed by atoms with Crippen LogP contribution in [0.4, 0.5) is 0 Å². The number of ether oxygens (including phenoxy) is 1. The molecule has 0 unspecified atom stereocenters. The highest BCUT2D eigenvalue weighted by atomic mass is 16.5. The first-order chi connectivity index (χ1) is 8.51. The zero-order valence-corrected chi connectivity index (χ0v) is 11.8. The van der Waals surface area contributed by atoms with Crippen LogP contribution in [-0.2, 0) is 16.1 Å². The van der Waals surface area contributed by atoms with Crippen molar-refractivity contribution in [1.82, 2.24) is 4.90 Å². The Bertz CT molecular complexity index is 381. The van der Waals surface area contributed by atoms with Crippen molar-refractivity contribution in [3.05, 3.63) is 34.9 Å². The number of benzene rings is 1. The molecule has 100 valence electrons. The van der Waals surface area contributed by atoms with Crippen LogP contribution in [0.15, 0.2) is 18.2 Å². The Kier molecular flexibility index (Phi) is 5.86. The van der Waals surface area contributed by atoms with Crippen LogP contribution >= 0.6 is 0 Å². The van der Waals surface area contributed by atoms with E-state index in [1.165, 1.54) is 23.8 Å². The Balaban J connectivity index is 2.39. The number of esters is 1. The number of nitrogens with zero attached hydrogens (tertiary/aromatic N) is 1. The van der Waals surface area contributed by atoms with Gasteiger partial charge in [-0.25, -0.2) is 0 Å². The summed E-state index contributed by atoms with van der Waals surface area (Å²) in [5, 5.41) is 0. The fourth-order valence-corrected chi connectivity index (χ4v) is 2.15. The minimum atomic E-state index is -0.130. The number of rotatable bonds is 6. The lowest BCUT2D eigenvalue weighted by atomic mass is 10.1. The van der Waals surface area contributed by atoms with E-state index in [1.807, 2.05) is 0 Å². The molecule has 0 radical (unpaired) electrons. The molecule has 0 bridgehead atoms. The number of methoxy groups -OCH3 is 1. The van der Waals surface area contributed by atoms with E-state index in [-0.39, 0.29) is 5.97 Å². The van der Waals surface area contributed by atoms with E-state index in [1.54, 1.807) is 0 Å². The molecule has 1 rings (SSSR count). The van der Waals surface area contributed by atoms with Crippen molar-refractivity contribution in [1.29, 1.82) is 0 Å². The van der Waals surface area contributed by atoms with Crippen molar-refractivity contribution < 1.29 is 9.53 Å². The summed E-state index contributed by atoms with van der Waals surface area (Å²) in [6.45, 7) is 6.06. The van der Waals surface area contributed by atoms with Gasteiger partial charge in [0.2, 0.25) is 0 Å². The molecule has 3 heteroatoms. The number of carbonyl (C=O) groups excluding carboxylic acids is 1. The molecular formula is C15H23NO2. The normalized spacial score (nSPS) is 10.7. The fourth-order valence-electron chi connectivity index (χ4n) is 2.15. The second-order valence-electron chi connectivity index (χ2n) is 4.91. The lowest BCUT2D eigenvalue weighted by molar-refractivity contribution is -0.140. The highest BCUT2D eigenvalue weighted by Crippen LogP contribution is 2.11. The number of carbonyl (C=O) groups is 1. The Morgan fingerprint density at radius 3 is 2.39 bits per heavy atom. The van der Waals surface area contributed by atoms with Crippen molar-refractivity contribution in [2.75, 3.05) is 20.7 Å². The van der Waals surface area contributed by atoms with Gasteiger partial charge in [-0.05, 0) is 39.4 Å². The molecule has 0 atom stereocenters. The van der Waals surface area contributed by atoms with E-state index >= 15 is 0 Å². The summed E-state index contributed by atoms with van der Waals surface area (Å²) in [4.78, 5) is 13.2. The Morgan fingerprint density at radius 1 is 1.22 bits per heavy atom. The molecule has 0 spiro atoms. The SMILES string of the molecule is COC(=O)CCCN(C)Cc1cc(C)cc(C)c1. The van der Waals surface area contributed by atoms with Crippen LogP contribution in [0.3, 0.4) is 0 Å². The summed E-state index contributed by atoms with van der Waals surface area (Å²) in [6, 6.07) is 6.61. The van der Waals surface area contributed by atoms with Gasteiger partial charge in [0.05, 0.1) is 7.11 Å². The van der Waals surface area contributed by atoms with Gasteiger partial charge < -0.3 is 9.64 Å². The molecule has 0 aromatic heterocycles. The molecule has 0 heterocycles. The maximum absolute atomic E-state index is 11.0. The van der Waals surface area contributed by atoms with Crippen LogP contribution in [0.5, 0.6) is 0 Å². The van der Waals surface area contributed by atoms with Gasteiger partial charge in [0, 0.05) is 13.0 Å². The molecule has 0 amide bonds. The van der Waals surface area contributed by atoms with E-state index in [4.69, 9.17) is 0 Å². The fraction of sp³-hybridized carbons (Fsp3) is 0.533. The lowest BCUT2D eigenvalue weighted by Crippen LogP contribution is -2.20. The predicted octanol–water partition coefficient (Wildman–Crippen LogP) is 2.69. The maximum Gasteiger partial charge on any atom is 0.305 e. The molecule has 0 fully saturated rings. The largest absolute Gasteiger partial charge is 0.469 e. The van der Waals surface area contributed by atoms with Crippen molar-refractivity contribution in [3.63, 3.8) is 0 Å². The summed E-state index contributed by atoms with van der Waals surface area (Å²) in [5.74, 6) is -0.130. The third kappa shape index (κ3) is 5.32. The molecule has 18 heavy (non-hydrogen) atoms. The Morgan fingerprint density at radius 2 is 1.83 bits per heavy atom. The van der Waals surface area contributed by atoms with Gasteiger partial charge in [0.1, 0.15) is 0 Å². The molecule has 0 saturated heterocycles. The van der Waals surface area contributed by atoms with Gasteiger partial charge in [-0.1, -0.05) is 29.3 Å². The molecule has 1 aromatic rings. The van der Waals surface area contributed by atoms with Crippen LogP contribution in [-0.4, -0.2) is 31.6 Å². The number of aryl methyl sites for hydroxylation is 2. The Hall–Kier alpha value is -1.35. The minimum absolute atomic E-state index is 0.130. The van der Waals surface area contributed by atoms with Gasteiger partial charge in [-0.3, -0.25) is 4.79 Å². The zero-order chi connectivity index (χ0) is 13.5. The first-order valence-corrected chi connectivity index (χ1v) is 6.34. The van der Waals surface area contributed by atoms with E-state index in [0.29, 0.717) is 6.42 Å². The second kappa shape index (κ2) is 7.17. The number of hydrogen-bond acceptors (Lipinski definition) is 3. The minimum Gasteiger partial charge on any atom is -0.469 e.